The van der Waals surface area contributed by atoms with Gasteiger partial charge in [-0.05, 0) is 12.2 Å². The summed E-state index contributed by atoms with van der Waals surface area (Å²) < 4.78 is 0.538. The molecular formula is C10H15N3O3S3. The molecular weight excluding hydrogens is 306 g/mol. The van der Waals surface area contributed by atoms with Crippen LogP contribution in [0.15, 0.2) is 4.34 Å². The zero-order chi connectivity index (χ0) is 14.1. The number of nitrogens with one attached hydrogen (secondary N) is 1. The van der Waals surface area contributed by atoms with Crippen LogP contribution in [0.4, 0.5) is 5.13 Å². The van der Waals surface area contributed by atoms with Gasteiger partial charge < -0.3 is 5.11 Å². The molecule has 0 radical (unpaired) electrons. The lowest BCUT2D eigenvalue weighted by molar-refractivity contribution is -0.133. The number of carboxylic acids is 1. The van der Waals surface area contributed by atoms with Gasteiger partial charge in [-0.25, -0.2) is 0 Å². The monoisotopic (exact) mass is 321 g/mol. The Balaban J connectivity index is 2.28. The molecule has 0 bridgehead atoms. The molecule has 1 amide bonds. The summed E-state index contributed by atoms with van der Waals surface area (Å²) >= 11 is 3.86. The fraction of sp³-hybridized carbons (Fsp3) is 0.600. The molecule has 19 heavy (non-hydrogen) atoms. The summed E-state index contributed by atoms with van der Waals surface area (Å²) in [7, 11) is 0. The number of hydrogen-bond donors (Lipinski definition) is 2. The third-order valence-electron chi connectivity index (χ3n) is 1.85. The molecule has 1 aromatic rings. The number of hydrogen-bond acceptors (Lipinski definition) is 7. The number of carboxylic acid groups (broad SMARTS) is 1. The van der Waals surface area contributed by atoms with Crippen molar-refractivity contribution in [3.05, 3.63) is 0 Å². The molecule has 1 heterocycles. The van der Waals surface area contributed by atoms with E-state index in [-0.39, 0.29) is 11.7 Å². The van der Waals surface area contributed by atoms with Crippen LogP contribution in [0.3, 0.4) is 0 Å². The summed E-state index contributed by atoms with van der Waals surface area (Å²) in [6.07, 6.45) is 2.22. The van der Waals surface area contributed by atoms with Gasteiger partial charge in [-0.2, -0.15) is 11.8 Å². The van der Waals surface area contributed by atoms with Gasteiger partial charge in [0.1, 0.15) is 0 Å². The van der Waals surface area contributed by atoms with E-state index in [2.05, 4.69) is 22.4 Å². The van der Waals surface area contributed by atoms with E-state index >= 15 is 0 Å². The molecule has 0 unspecified atom stereocenters. The smallest absolute Gasteiger partial charge is 0.313 e. The Hall–Kier alpha value is -0.800. The zero-order valence-electron chi connectivity index (χ0n) is 10.4. The van der Waals surface area contributed by atoms with Gasteiger partial charge in [0.15, 0.2) is 4.34 Å². The van der Waals surface area contributed by atoms with Gasteiger partial charge in [0.25, 0.3) is 0 Å². The standard InChI is InChI=1S/C10H15N3O3S3/c1-2-3-4-17-5-7(14)11-9-12-13-10(19-9)18-6-8(15)16/h2-6H2,1H3,(H,15,16)(H,11,12,14). The molecule has 0 aromatic carbocycles. The van der Waals surface area contributed by atoms with Crippen molar-refractivity contribution in [1.29, 1.82) is 0 Å². The Morgan fingerprint density at radius 3 is 2.84 bits per heavy atom. The minimum Gasteiger partial charge on any atom is -0.481 e. The number of carbonyl (C=O) groups is 2. The Morgan fingerprint density at radius 2 is 2.16 bits per heavy atom. The molecule has 0 saturated carbocycles. The van der Waals surface area contributed by atoms with E-state index in [1.807, 2.05) is 0 Å². The number of carbonyl (C=O) groups excluding carboxylic acids is 1. The van der Waals surface area contributed by atoms with Crippen molar-refractivity contribution in [3.63, 3.8) is 0 Å². The first kappa shape index (κ1) is 16.3. The third kappa shape index (κ3) is 7.38. The van der Waals surface area contributed by atoms with Crippen LogP contribution in [0.2, 0.25) is 0 Å². The van der Waals surface area contributed by atoms with Crippen molar-refractivity contribution in [2.45, 2.75) is 24.1 Å². The summed E-state index contributed by atoms with van der Waals surface area (Å²) in [6, 6.07) is 0. The van der Waals surface area contributed by atoms with E-state index in [0.717, 1.165) is 30.4 Å². The molecule has 2 N–H and O–H groups in total. The number of aromatic nitrogens is 2. The van der Waals surface area contributed by atoms with Crippen molar-refractivity contribution in [1.82, 2.24) is 10.2 Å². The fourth-order valence-electron chi connectivity index (χ4n) is 1.01. The van der Waals surface area contributed by atoms with Crippen LogP contribution >= 0.6 is 34.9 Å². The highest BCUT2D eigenvalue weighted by Gasteiger charge is 2.09. The molecule has 0 aliphatic carbocycles. The summed E-state index contributed by atoms with van der Waals surface area (Å²) in [5, 5.41) is 19.2. The first-order valence-electron chi connectivity index (χ1n) is 5.67. The van der Waals surface area contributed by atoms with Crippen LogP contribution in [-0.2, 0) is 9.59 Å². The predicted molar refractivity (Wildman–Crippen MR) is 79.1 cm³/mol. The fourth-order valence-corrected chi connectivity index (χ4v) is 3.39. The highest BCUT2D eigenvalue weighted by atomic mass is 32.2. The molecule has 1 aromatic heterocycles. The molecule has 6 nitrogen and oxygen atoms in total. The van der Waals surface area contributed by atoms with Crippen molar-refractivity contribution < 1.29 is 14.7 Å². The molecule has 0 spiro atoms. The minimum absolute atomic E-state index is 0.0601. The average Bonchev–Trinajstić information content (AvgIpc) is 2.80. The zero-order valence-corrected chi connectivity index (χ0v) is 12.9. The second-order valence-corrected chi connectivity index (χ2v) is 6.82. The number of nitrogens with zero attached hydrogens (tertiary/aromatic N) is 2. The molecule has 9 heteroatoms. The van der Waals surface area contributed by atoms with Crippen LogP contribution in [0.25, 0.3) is 0 Å². The molecule has 1 rings (SSSR count). The molecule has 0 aliphatic heterocycles. The SMILES string of the molecule is CCCCSCC(=O)Nc1nnc(SCC(=O)O)s1. The summed E-state index contributed by atoms with van der Waals surface area (Å²) in [5.41, 5.74) is 0. The summed E-state index contributed by atoms with van der Waals surface area (Å²) in [4.78, 5) is 21.9. The van der Waals surface area contributed by atoms with Crippen molar-refractivity contribution in [2.24, 2.45) is 0 Å². The molecule has 0 atom stereocenters. The summed E-state index contributed by atoms with van der Waals surface area (Å²) in [5.74, 6) is 0.303. The van der Waals surface area contributed by atoms with E-state index in [1.54, 1.807) is 11.8 Å². The van der Waals surface area contributed by atoms with Crippen molar-refractivity contribution >= 4 is 51.9 Å². The van der Waals surface area contributed by atoms with Gasteiger partial charge in [0, 0.05) is 0 Å². The Kier molecular flexibility index (Phi) is 7.84. The maximum atomic E-state index is 11.6. The number of amides is 1. The first-order chi connectivity index (χ1) is 9.11. The predicted octanol–water partition coefficient (Wildman–Crippen LogP) is 2.19. The average molecular weight is 321 g/mol. The summed E-state index contributed by atoms with van der Waals surface area (Å²) in [6.45, 7) is 2.11. The topological polar surface area (TPSA) is 92.2 Å². The number of anilines is 1. The van der Waals surface area contributed by atoms with Crippen LogP contribution in [-0.4, -0.2) is 44.4 Å². The number of thioether (sulfide) groups is 2. The van der Waals surface area contributed by atoms with Crippen LogP contribution in [0.5, 0.6) is 0 Å². The van der Waals surface area contributed by atoms with E-state index < -0.39 is 5.97 Å². The Bertz CT molecular complexity index is 425. The van der Waals surface area contributed by atoms with Gasteiger partial charge in [-0.3, -0.25) is 14.9 Å². The Morgan fingerprint density at radius 1 is 1.37 bits per heavy atom. The maximum absolute atomic E-state index is 11.6. The quantitative estimate of drug-likeness (QED) is 0.409. The van der Waals surface area contributed by atoms with Gasteiger partial charge >= 0.3 is 5.97 Å². The van der Waals surface area contributed by atoms with E-state index in [1.165, 1.54) is 11.3 Å². The molecule has 0 saturated heterocycles. The lowest BCUT2D eigenvalue weighted by Gasteiger charge is -2.00. The van der Waals surface area contributed by atoms with Crippen LogP contribution < -0.4 is 5.32 Å². The first-order valence-corrected chi connectivity index (χ1v) is 8.63. The molecule has 106 valence electrons. The minimum atomic E-state index is -0.905. The number of aliphatic carboxylic acids is 1. The lowest BCUT2D eigenvalue weighted by atomic mass is 10.4. The van der Waals surface area contributed by atoms with Crippen molar-refractivity contribution in [2.75, 3.05) is 22.6 Å². The van der Waals surface area contributed by atoms with Gasteiger partial charge in [0.2, 0.25) is 11.0 Å². The largest absolute Gasteiger partial charge is 0.481 e. The van der Waals surface area contributed by atoms with Crippen molar-refractivity contribution in [3.8, 4) is 0 Å². The number of rotatable bonds is 9. The highest BCUT2D eigenvalue weighted by Crippen LogP contribution is 2.25. The van der Waals surface area contributed by atoms with E-state index in [4.69, 9.17) is 5.11 Å². The van der Waals surface area contributed by atoms with Gasteiger partial charge in [-0.15, -0.1) is 10.2 Å². The molecule has 0 fully saturated rings. The van der Waals surface area contributed by atoms with E-state index in [9.17, 15) is 9.59 Å². The third-order valence-corrected chi connectivity index (χ3v) is 4.85. The van der Waals surface area contributed by atoms with Crippen LogP contribution in [0, 0.1) is 0 Å². The van der Waals surface area contributed by atoms with Gasteiger partial charge in [0.05, 0.1) is 11.5 Å². The second-order valence-electron chi connectivity index (χ2n) is 3.51. The Labute approximate surface area is 123 Å². The second kappa shape index (κ2) is 9.16. The lowest BCUT2D eigenvalue weighted by Crippen LogP contribution is -2.14. The number of unbranched alkanes of at least 4 members (excludes halogenated alkanes) is 1. The van der Waals surface area contributed by atoms with Crippen LogP contribution in [0.1, 0.15) is 19.8 Å². The van der Waals surface area contributed by atoms with E-state index in [0.29, 0.717) is 15.2 Å². The molecule has 0 aliphatic rings. The van der Waals surface area contributed by atoms with Gasteiger partial charge in [-0.1, -0.05) is 36.4 Å². The maximum Gasteiger partial charge on any atom is 0.313 e. The normalized spacial score (nSPS) is 10.4. The highest BCUT2D eigenvalue weighted by molar-refractivity contribution is 8.01.